The topological polar surface area (TPSA) is 16.1 Å². The largest absolute Gasteiger partial charge is 0.356 e. The molecule has 3 heteroatoms. The van der Waals surface area contributed by atoms with E-state index in [0.29, 0.717) is 4.47 Å². The summed E-state index contributed by atoms with van der Waals surface area (Å²) < 4.78 is 95.8. The Labute approximate surface area is 110 Å². The van der Waals surface area contributed by atoms with Gasteiger partial charge in [-0.15, -0.1) is 0 Å². The van der Waals surface area contributed by atoms with Gasteiger partial charge in [0.25, 0.3) is 0 Å². The second kappa shape index (κ2) is 4.30. The zero-order chi connectivity index (χ0) is 20.6. The molecule has 1 saturated heterocycles. The van der Waals surface area contributed by atoms with E-state index >= 15 is 0 Å². The van der Waals surface area contributed by atoms with E-state index in [2.05, 4.69) is 20.9 Å². The number of rotatable bonds is 1. The molecule has 1 fully saturated rings. The molecule has 1 atom stereocenters. The molecule has 0 radical (unpaired) electrons. The fourth-order valence-electron chi connectivity index (χ4n) is 0.944. The van der Waals surface area contributed by atoms with Gasteiger partial charge in [0.2, 0.25) is 0 Å². The Morgan fingerprint density at radius 3 is 3.57 bits per heavy atom. The van der Waals surface area contributed by atoms with Crippen LogP contribution in [0.1, 0.15) is 36.0 Å². The van der Waals surface area contributed by atoms with Crippen LogP contribution in [0.15, 0.2) is 22.8 Å². The monoisotopic (exact) mass is 266 g/mol. The van der Waals surface area contributed by atoms with E-state index in [1.165, 1.54) is 6.07 Å². The highest BCUT2D eigenvalue weighted by molar-refractivity contribution is 9.10. The summed E-state index contributed by atoms with van der Waals surface area (Å²) in [5.74, 6) is -4.14. The summed E-state index contributed by atoms with van der Waals surface area (Å²) >= 11 is 3.09. The standard InChI is InChI=1S/C11H15BrN2/c1-9-3-2-6-14(8-9)11-7-10(12)4-5-13-11/h4-5,7,9H,2-3,6,8H2,1H3/i1D3,2D2,3D2,6D2,8D2,9D. The van der Waals surface area contributed by atoms with Crippen LogP contribution in [0, 0.1) is 5.89 Å². The van der Waals surface area contributed by atoms with Crippen molar-refractivity contribution in [3.63, 3.8) is 0 Å². The maximum absolute atomic E-state index is 8.24. The maximum atomic E-state index is 8.24. The van der Waals surface area contributed by atoms with Crippen LogP contribution in [0.5, 0.6) is 0 Å². The van der Waals surface area contributed by atoms with Crippen molar-refractivity contribution in [2.45, 2.75) is 19.6 Å². The minimum Gasteiger partial charge on any atom is -0.356 e. The average molecular weight is 267 g/mol. The number of hydrogen-bond acceptors (Lipinski definition) is 2. The van der Waals surface area contributed by atoms with Gasteiger partial charge in [0.15, 0.2) is 0 Å². The number of piperidine rings is 1. The molecule has 0 N–H and O–H groups in total. The van der Waals surface area contributed by atoms with Crippen molar-refractivity contribution >= 4 is 21.7 Å². The number of hydrogen-bond donors (Lipinski definition) is 0. The quantitative estimate of drug-likeness (QED) is 0.777. The highest BCUT2D eigenvalue weighted by Gasteiger charge is 2.17. The van der Waals surface area contributed by atoms with Gasteiger partial charge < -0.3 is 4.90 Å². The van der Waals surface area contributed by atoms with Crippen LogP contribution < -0.4 is 4.90 Å². The Balaban J connectivity index is 2.93. The second-order valence-electron chi connectivity index (χ2n) is 2.52. The Hall–Kier alpha value is -0.570. The zero-order valence-electron chi connectivity index (χ0n) is 19.0. The van der Waals surface area contributed by atoms with Gasteiger partial charge in [0, 0.05) is 40.1 Å². The summed E-state index contributed by atoms with van der Waals surface area (Å²) in [5.41, 5.74) is 0. The molecule has 14 heavy (non-hydrogen) atoms. The Morgan fingerprint density at radius 1 is 1.86 bits per heavy atom. The van der Waals surface area contributed by atoms with Crippen molar-refractivity contribution in [1.29, 1.82) is 0 Å². The van der Waals surface area contributed by atoms with Crippen molar-refractivity contribution < 1.29 is 16.4 Å². The molecule has 0 spiro atoms. The fourth-order valence-corrected chi connectivity index (χ4v) is 1.27. The molecule has 0 saturated carbocycles. The summed E-state index contributed by atoms with van der Waals surface area (Å²) in [6, 6.07) is 2.57. The van der Waals surface area contributed by atoms with Gasteiger partial charge in [-0.2, -0.15) is 0 Å². The molecule has 76 valence electrons. The molecule has 0 bridgehead atoms. The Morgan fingerprint density at radius 2 is 2.79 bits per heavy atom. The third-order valence-electron chi connectivity index (χ3n) is 1.52. The number of pyridine rings is 1. The first kappa shape index (κ1) is 2.97. The molecular weight excluding hydrogens is 240 g/mol. The van der Waals surface area contributed by atoms with E-state index in [9.17, 15) is 0 Å². The molecule has 2 rings (SSSR count). The van der Waals surface area contributed by atoms with Crippen molar-refractivity contribution in [2.75, 3.05) is 17.9 Å². The maximum Gasteiger partial charge on any atom is 0.129 e. The van der Waals surface area contributed by atoms with Crippen molar-refractivity contribution in [3.05, 3.63) is 22.8 Å². The van der Waals surface area contributed by atoms with Gasteiger partial charge in [0.05, 0.1) is 0 Å². The molecule has 1 aliphatic rings. The summed E-state index contributed by atoms with van der Waals surface area (Å²) in [5, 5.41) is 0. The predicted octanol–water partition coefficient (Wildman–Crippen LogP) is 3.08. The smallest absolute Gasteiger partial charge is 0.129 e. The van der Waals surface area contributed by atoms with E-state index in [4.69, 9.17) is 16.4 Å². The first-order valence-electron chi connectivity index (χ1n) is 9.79. The van der Waals surface area contributed by atoms with Gasteiger partial charge in [-0.05, 0) is 30.8 Å². The van der Waals surface area contributed by atoms with Crippen LogP contribution >= 0.6 is 15.9 Å². The van der Waals surface area contributed by atoms with Crippen LogP contribution in [-0.4, -0.2) is 18.0 Å². The molecule has 0 amide bonds. The molecule has 1 aliphatic heterocycles. The molecule has 1 aromatic rings. The lowest BCUT2D eigenvalue weighted by molar-refractivity contribution is 0.444. The van der Waals surface area contributed by atoms with Crippen LogP contribution in [0.3, 0.4) is 0 Å². The second-order valence-corrected chi connectivity index (χ2v) is 3.43. The first-order valence-corrected chi connectivity index (χ1v) is 4.58. The normalized spacial score (nSPS) is 55.6. The number of anilines is 1. The van der Waals surface area contributed by atoms with Crippen LogP contribution in [0.2, 0.25) is 0 Å². The molecule has 1 unspecified atom stereocenters. The lowest BCUT2D eigenvalue weighted by Crippen LogP contribution is -2.34. The molecule has 1 aromatic heterocycles. The minimum absolute atomic E-state index is 0.103. The van der Waals surface area contributed by atoms with Crippen molar-refractivity contribution in [1.82, 2.24) is 4.98 Å². The van der Waals surface area contributed by atoms with E-state index in [-0.39, 0.29) is 4.90 Å². The Kier molecular flexibility index (Phi) is 0.913. The van der Waals surface area contributed by atoms with E-state index in [1.807, 2.05) is 0 Å². The summed E-state index contributed by atoms with van der Waals surface area (Å²) in [7, 11) is 0. The van der Waals surface area contributed by atoms with Gasteiger partial charge in [-0.25, -0.2) is 4.98 Å². The summed E-state index contributed by atoms with van der Waals surface area (Å²) in [6.07, 6.45) is -6.11. The number of aromatic nitrogens is 1. The van der Waals surface area contributed by atoms with Gasteiger partial charge >= 0.3 is 0 Å². The van der Waals surface area contributed by atoms with E-state index < -0.39 is 44.3 Å². The third-order valence-corrected chi connectivity index (χ3v) is 2.01. The zero-order valence-corrected chi connectivity index (χ0v) is 8.59. The van der Waals surface area contributed by atoms with E-state index in [1.54, 1.807) is 0 Å². The summed E-state index contributed by atoms with van der Waals surface area (Å²) in [6.45, 7) is -10.5. The molecule has 0 aliphatic carbocycles. The average Bonchev–Trinajstić information content (AvgIpc) is 2.42. The minimum atomic E-state index is -3.71. The van der Waals surface area contributed by atoms with Gasteiger partial charge in [-0.1, -0.05) is 22.8 Å². The van der Waals surface area contributed by atoms with Crippen LogP contribution in [0.25, 0.3) is 0 Å². The van der Waals surface area contributed by atoms with Crippen molar-refractivity contribution in [3.8, 4) is 0 Å². The van der Waals surface area contributed by atoms with Crippen LogP contribution in [0.4, 0.5) is 5.82 Å². The first-order chi connectivity index (χ1) is 11.4. The third kappa shape index (κ3) is 2.27. The van der Waals surface area contributed by atoms with E-state index in [0.717, 1.165) is 12.3 Å². The molecule has 2 heterocycles. The predicted molar refractivity (Wildman–Crippen MR) is 62.5 cm³/mol. The molecular formula is C11H15BrN2. The van der Waals surface area contributed by atoms with Gasteiger partial charge in [-0.3, -0.25) is 0 Å². The number of halogens is 1. The lowest BCUT2D eigenvalue weighted by atomic mass is 10.0. The van der Waals surface area contributed by atoms with Crippen molar-refractivity contribution in [2.24, 2.45) is 5.89 Å². The van der Waals surface area contributed by atoms with Crippen LogP contribution in [-0.2, 0) is 0 Å². The highest BCUT2D eigenvalue weighted by atomic mass is 79.9. The summed E-state index contributed by atoms with van der Waals surface area (Å²) in [4.78, 5) is 3.88. The molecule has 2 nitrogen and oxygen atoms in total. The SMILES string of the molecule is [2H]C([2H])([2H])C1([2H])C([2H])([2H])N(c2cc(Br)ccn2)C([2H])([2H])C([2H])([2H])C1([2H])[2H]. The van der Waals surface area contributed by atoms with Gasteiger partial charge in [0.1, 0.15) is 5.82 Å². The molecule has 0 aromatic carbocycles. The number of nitrogens with zero attached hydrogens (tertiary/aromatic N) is 2. The Bertz CT molecular complexity index is 717. The fraction of sp³-hybridized carbons (Fsp3) is 0.545. The highest BCUT2D eigenvalue weighted by Crippen LogP contribution is 2.23. The lowest BCUT2D eigenvalue weighted by Gasteiger charge is -2.31.